The summed E-state index contributed by atoms with van der Waals surface area (Å²) in [5, 5.41) is 0. The zero-order chi connectivity index (χ0) is 19.1. The molecule has 0 atom stereocenters. The number of hydrogen-bond donors (Lipinski definition) is 0. The highest BCUT2D eigenvalue weighted by Crippen LogP contribution is 2.29. The van der Waals surface area contributed by atoms with Crippen LogP contribution in [0.2, 0.25) is 0 Å². The van der Waals surface area contributed by atoms with Gasteiger partial charge in [-0.1, -0.05) is 19.3 Å². The molecule has 26 heavy (non-hydrogen) atoms. The fourth-order valence-electron chi connectivity index (χ4n) is 2.95. The zero-order valence-electron chi connectivity index (χ0n) is 14.3. The summed E-state index contributed by atoms with van der Waals surface area (Å²) in [7, 11) is 1.71. The number of rotatable bonds is 7. The zero-order valence-corrected chi connectivity index (χ0v) is 14.3. The van der Waals surface area contributed by atoms with Gasteiger partial charge in [0, 0.05) is 30.8 Å². The van der Waals surface area contributed by atoms with Crippen LogP contribution in [-0.2, 0) is 4.79 Å². The molecule has 144 valence electrons. The van der Waals surface area contributed by atoms with Crippen molar-refractivity contribution in [2.24, 2.45) is 0 Å². The maximum Gasteiger partial charge on any atom is 0.387 e. The first kappa shape index (κ1) is 20.1. The Balaban J connectivity index is 2.12. The second kappa shape index (κ2) is 9.45. The second-order valence-corrected chi connectivity index (χ2v) is 6.03. The van der Waals surface area contributed by atoms with Crippen LogP contribution in [0.5, 0.6) is 11.5 Å². The first-order valence-electron chi connectivity index (χ1n) is 8.35. The van der Waals surface area contributed by atoms with Crippen LogP contribution in [-0.4, -0.2) is 37.1 Å². The van der Waals surface area contributed by atoms with Gasteiger partial charge < -0.3 is 14.4 Å². The molecule has 0 spiro atoms. The van der Waals surface area contributed by atoms with Crippen molar-refractivity contribution in [3.05, 3.63) is 29.8 Å². The van der Waals surface area contributed by atoms with Crippen LogP contribution in [0.15, 0.2) is 24.3 Å². The van der Waals surface area contributed by atoms with E-state index < -0.39 is 13.2 Å². The molecule has 0 aliphatic heterocycles. The van der Waals surface area contributed by atoms with Crippen molar-refractivity contribution in [2.45, 2.75) is 51.4 Å². The van der Waals surface area contributed by atoms with Gasteiger partial charge in [0.05, 0.1) is 0 Å². The second-order valence-electron chi connectivity index (χ2n) is 6.03. The summed E-state index contributed by atoms with van der Waals surface area (Å²) in [5.41, 5.74) is 0.164. The molecule has 0 saturated heterocycles. The van der Waals surface area contributed by atoms with Gasteiger partial charge in [0.25, 0.3) is 0 Å². The molecule has 0 aromatic heterocycles. The largest absolute Gasteiger partial charge is 0.435 e. The summed E-state index contributed by atoms with van der Waals surface area (Å²) in [6.45, 7) is -6.22. The van der Waals surface area contributed by atoms with Gasteiger partial charge in [-0.25, -0.2) is 0 Å². The topological polar surface area (TPSA) is 38.8 Å². The summed E-state index contributed by atoms with van der Waals surface area (Å²) < 4.78 is 58.1. The van der Waals surface area contributed by atoms with Crippen LogP contribution in [0.3, 0.4) is 0 Å². The first-order valence-corrected chi connectivity index (χ1v) is 8.35. The lowest BCUT2D eigenvalue weighted by Crippen LogP contribution is -2.37. The van der Waals surface area contributed by atoms with Crippen molar-refractivity contribution in [1.29, 1.82) is 0 Å². The van der Waals surface area contributed by atoms with Crippen molar-refractivity contribution in [3.63, 3.8) is 0 Å². The molecule has 1 saturated carbocycles. The Morgan fingerprint density at radius 1 is 1.12 bits per heavy atom. The highest BCUT2D eigenvalue weighted by atomic mass is 19.3. The summed E-state index contributed by atoms with van der Waals surface area (Å²) >= 11 is 0. The van der Waals surface area contributed by atoms with E-state index in [-0.39, 0.29) is 29.0 Å². The average Bonchev–Trinajstić information content (AvgIpc) is 2.60. The van der Waals surface area contributed by atoms with Crippen LogP contribution < -0.4 is 9.47 Å². The number of halogens is 4. The summed E-state index contributed by atoms with van der Waals surface area (Å²) in [6.07, 6.45) is 7.77. The lowest BCUT2D eigenvalue weighted by molar-refractivity contribution is -0.127. The Labute approximate surface area is 149 Å². The predicted octanol–water partition coefficient (Wildman–Crippen LogP) is 4.69. The number of nitrogens with zero attached hydrogens (tertiary/aromatic N) is 1. The SMILES string of the molecule is CN(C(=O)/C=C/c1ccc(OC(F)F)cc1OC(F)F)C1CCCCC1. The third-order valence-electron chi connectivity index (χ3n) is 4.30. The molecule has 1 amide bonds. The first-order chi connectivity index (χ1) is 12.4. The molecule has 1 aliphatic carbocycles. The van der Waals surface area contributed by atoms with Crippen molar-refractivity contribution in [3.8, 4) is 11.5 Å². The Morgan fingerprint density at radius 2 is 1.77 bits per heavy atom. The number of carbonyl (C=O) groups is 1. The van der Waals surface area contributed by atoms with E-state index in [1.165, 1.54) is 24.3 Å². The predicted molar refractivity (Wildman–Crippen MR) is 88.4 cm³/mol. The van der Waals surface area contributed by atoms with Crippen molar-refractivity contribution < 1.29 is 31.8 Å². The van der Waals surface area contributed by atoms with E-state index >= 15 is 0 Å². The third kappa shape index (κ3) is 5.93. The fourth-order valence-corrected chi connectivity index (χ4v) is 2.95. The number of carbonyl (C=O) groups excluding carboxylic acids is 1. The number of amides is 1. The Hall–Kier alpha value is -2.25. The summed E-state index contributed by atoms with van der Waals surface area (Å²) in [4.78, 5) is 13.9. The number of benzene rings is 1. The minimum Gasteiger partial charge on any atom is -0.435 e. The average molecular weight is 375 g/mol. The molecule has 8 heteroatoms. The molecule has 1 aliphatic rings. The molecule has 1 fully saturated rings. The van der Waals surface area contributed by atoms with E-state index in [1.807, 2.05) is 0 Å². The van der Waals surface area contributed by atoms with E-state index in [2.05, 4.69) is 9.47 Å². The third-order valence-corrected chi connectivity index (χ3v) is 4.30. The lowest BCUT2D eigenvalue weighted by atomic mass is 9.94. The smallest absolute Gasteiger partial charge is 0.387 e. The van der Waals surface area contributed by atoms with Gasteiger partial charge in [0.2, 0.25) is 5.91 Å². The monoisotopic (exact) mass is 375 g/mol. The quantitative estimate of drug-likeness (QED) is 0.513. The number of hydrogen-bond acceptors (Lipinski definition) is 3. The van der Waals surface area contributed by atoms with Crippen LogP contribution in [0, 0.1) is 0 Å². The molecule has 0 bridgehead atoms. The Morgan fingerprint density at radius 3 is 2.38 bits per heavy atom. The molecule has 2 rings (SSSR count). The van der Waals surface area contributed by atoms with Gasteiger partial charge in [-0.05, 0) is 31.1 Å². The normalized spacial score (nSPS) is 15.7. The Bertz CT molecular complexity index is 631. The standard InChI is InChI=1S/C18H21F4NO3/c1-23(13-5-3-2-4-6-13)16(24)10-8-12-7-9-14(25-17(19)20)11-15(12)26-18(21)22/h7-11,13,17-18H,2-6H2,1H3/b10-8+. The molecule has 0 heterocycles. The van der Waals surface area contributed by atoms with Crippen LogP contribution in [0.4, 0.5) is 17.6 Å². The number of likely N-dealkylation sites (N-methyl/N-ethyl adjacent to an activating group) is 1. The van der Waals surface area contributed by atoms with Gasteiger partial charge in [0.15, 0.2) is 0 Å². The van der Waals surface area contributed by atoms with Crippen molar-refractivity contribution in [2.75, 3.05) is 7.05 Å². The van der Waals surface area contributed by atoms with Crippen molar-refractivity contribution >= 4 is 12.0 Å². The molecule has 0 unspecified atom stereocenters. The van der Waals surface area contributed by atoms with Gasteiger partial charge in [-0.3, -0.25) is 4.79 Å². The van der Waals surface area contributed by atoms with Gasteiger partial charge >= 0.3 is 13.2 Å². The minimum absolute atomic E-state index is 0.164. The highest BCUT2D eigenvalue weighted by molar-refractivity contribution is 5.92. The van der Waals surface area contributed by atoms with Crippen molar-refractivity contribution in [1.82, 2.24) is 4.90 Å². The molecular formula is C18H21F4NO3. The maximum absolute atomic E-state index is 12.6. The van der Waals surface area contributed by atoms with E-state index in [1.54, 1.807) is 11.9 Å². The van der Waals surface area contributed by atoms with Crippen LogP contribution in [0.1, 0.15) is 37.7 Å². The fraction of sp³-hybridized carbons (Fsp3) is 0.500. The van der Waals surface area contributed by atoms with E-state index in [4.69, 9.17) is 0 Å². The lowest BCUT2D eigenvalue weighted by Gasteiger charge is -2.30. The van der Waals surface area contributed by atoms with E-state index in [0.29, 0.717) is 0 Å². The number of alkyl halides is 4. The van der Waals surface area contributed by atoms with Crippen LogP contribution in [0.25, 0.3) is 6.08 Å². The van der Waals surface area contributed by atoms with Gasteiger partial charge in [-0.15, -0.1) is 0 Å². The van der Waals surface area contributed by atoms with E-state index in [9.17, 15) is 22.4 Å². The molecule has 1 aromatic carbocycles. The highest BCUT2D eigenvalue weighted by Gasteiger charge is 2.20. The minimum atomic E-state index is -3.13. The maximum atomic E-state index is 12.6. The molecule has 0 radical (unpaired) electrons. The Kier molecular flexibility index (Phi) is 7.29. The van der Waals surface area contributed by atoms with Gasteiger partial charge in [0.1, 0.15) is 11.5 Å². The van der Waals surface area contributed by atoms with Crippen LogP contribution >= 0.6 is 0 Å². The summed E-state index contributed by atoms with van der Waals surface area (Å²) in [5.74, 6) is -0.909. The number of ether oxygens (including phenoxy) is 2. The molecule has 4 nitrogen and oxygen atoms in total. The van der Waals surface area contributed by atoms with E-state index in [0.717, 1.165) is 38.2 Å². The molecule has 0 N–H and O–H groups in total. The van der Waals surface area contributed by atoms with Gasteiger partial charge in [-0.2, -0.15) is 17.6 Å². The summed E-state index contributed by atoms with van der Waals surface area (Å²) in [6, 6.07) is 3.58. The molecule has 1 aromatic rings. The molecular weight excluding hydrogens is 354 g/mol.